The molecule has 0 amide bonds. The lowest BCUT2D eigenvalue weighted by Crippen LogP contribution is -2.23. The largest absolute Gasteiger partial charge is 0.375 e. The molecule has 16 heavy (non-hydrogen) atoms. The van der Waals surface area contributed by atoms with Gasteiger partial charge in [-0.3, -0.25) is 0 Å². The molecule has 0 N–H and O–H groups in total. The molecule has 0 atom stereocenters. The molecule has 3 aliphatic rings. The normalized spacial score (nSPS) is 26.0. The van der Waals surface area contributed by atoms with E-state index in [0.717, 1.165) is 0 Å². The summed E-state index contributed by atoms with van der Waals surface area (Å²) >= 11 is 0. The molecule has 2 aliphatic heterocycles. The van der Waals surface area contributed by atoms with Gasteiger partial charge in [0.25, 0.3) is 0 Å². The Bertz CT molecular complexity index is 273. The van der Waals surface area contributed by atoms with Gasteiger partial charge in [0.1, 0.15) is 0 Å². The van der Waals surface area contributed by atoms with Crippen LogP contribution in [0.5, 0.6) is 0 Å². The number of hydrogen-bond donors (Lipinski definition) is 0. The molecular weight excluding hydrogens is 196 g/mol. The van der Waals surface area contributed by atoms with Gasteiger partial charge in [-0.1, -0.05) is 0 Å². The predicted molar refractivity (Wildman–Crippen MR) is 67.0 cm³/mol. The van der Waals surface area contributed by atoms with Crippen molar-refractivity contribution in [3.63, 3.8) is 0 Å². The number of hydrogen-bond acceptors (Lipinski definition) is 2. The van der Waals surface area contributed by atoms with Crippen LogP contribution < -0.4 is 0 Å². The summed E-state index contributed by atoms with van der Waals surface area (Å²) in [6.07, 6.45) is 12.8. The van der Waals surface area contributed by atoms with Crippen LogP contribution in [-0.2, 0) is 0 Å². The van der Waals surface area contributed by atoms with E-state index < -0.39 is 0 Å². The first kappa shape index (κ1) is 10.2. The van der Waals surface area contributed by atoms with E-state index in [1.165, 1.54) is 64.7 Å². The molecule has 0 saturated carbocycles. The minimum absolute atomic E-state index is 1.27. The van der Waals surface area contributed by atoms with Gasteiger partial charge in [0.15, 0.2) is 0 Å². The monoisotopic (exact) mass is 218 g/mol. The van der Waals surface area contributed by atoms with Gasteiger partial charge < -0.3 is 9.80 Å². The fourth-order valence-electron chi connectivity index (χ4n) is 3.15. The minimum Gasteiger partial charge on any atom is -0.375 e. The van der Waals surface area contributed by atoms with Gasteiger partial charge in [-0.25, -0.2) is 0 Å². The lowest BCUT2D eigenvalue weighted by Gasteiger charge is -2.28. The molecule has 88 valence electrons. The third-order valence-corrected chi connectivity index (χ3v) is 4.13. The first-order valence-electron chi connectivity index (χ1n) is 6.83. The highest BCUT2D eigenvalue weighted by atomic mass is 15.2. The molecule has 0 radical (unpaired) electrons. The van der Waals surface area contributed by atoms with Crippen LogP contribution in [0.25, 0.3) is 0 Å². The molecule has 2 heteroatoms. The van der Waals surface area contributed by atoms with Crippen LogP contribution in [0.4, 0.5) is 0 Å². The highest BCUT2D eigenvalue weighted by Crippen LogP contribution is 2.27. The van der Waals surface area contributed by atoms with Gasteiger partial charge in [0, 0.05) is 37.6 Å². The van der Waals surface area contributed by atoms with Crippen LogP contribution >= 0.6 is 0 Å². The predicted octanol–water partition coefficient (Wildman–Crippen LogP) is 2.74. The molecule has 0 aromatic heterocycles. The summed E-state index contributed by atoms with van der Waals surface area (Å²) in [6.45, 7) is 5.16. The highest BCUT2D eigenvalue weighted by Gasteiger charge is 2.20. The number of likely N-dealkylation sites (tertiary alicyclic amines) is 2. The second-order valence-electron chi connectivity index (χ2n) is 5.20. The average Bonchev–Trinajstić information content (AvgIpc) is 3.03. The van der Waals surface area contributed by atoms with Crippen molar-refractivity contribution < 1.29 is 0 Å². The van der Waals surface area contributed by atoms with E-state index in [1.807, 2.05) is 0 Å². The van der Waals surface area contributed by atoms with Gasteiger partial charge in [-0.05, 0) is 50.7 Å². The van der Waals surface area contributed by atoms with Crippen molar-refractivity contribution >= 4 is 0 Å². The zero-order chi connectivity index (χ0) is 10.8. The van der Waals surface area contributed by atoms with E-state index in [2.05, 4.69) is 22.0 Å². The van der Waals surface area contributed by atoms with Gasteiger partial charge in [-0.2, -0.15) is 0 Å². The molecular formula is C14H22N2. The summed E-state index contributed by atoms with van der Waals surface area (Å²) in [6, 6.07) is 0. The van der Waals surface area contributed by atoms with Crippen molar-refractivity contribution in [2.75, 3.05) is 26.2 Å². The first-order chi connectivity index (χ1) is 7.93. The zero-order valence-corrected chi connectivity index (χ0v) is 10.1. The van der Waals surface area contributed by atoms with Crippen LogP contribution in [0.15, 0.2) is 23.5 Å². The molecule has 0 aromatic rings. The third-order valence-electron chi connectivity index (χ3n) is 4.13. The van der Waals surface area contributed by atoms with Crippen molar-refractivity contribution in [2.24, 2.45) is 0 Å². The number of rotatable bonds is 2. The second-order valence-corrected chi connectivity index (χ2v) is 5.20. The Morgan fingerprint density at radius 3 is 1.31 bits per heavy atom. The Morgan fingerprint density at radius 1 is 0.625 bits per heavy atom. The Hall–Kier alpha value is -0.920. The van der Waals surface area contributed by atoms with Crippen LogP contribution in [0.3, 0.4) is 0 Å². The lowest BCUT2D eigenvalue weighted by molar-refractivity contribution is 0.374. The second kappa shape index (κ2) is 4.52. The van der Waals surface area contributed by atoms with Crippen molar-refractivity contribution in [3.8, 4) is 0 Å². The summed E-state index contributed by atoms with van der Waals surface area (Å²) in [5, 5.41) is 0. The molecule has 0 bridgehead atoms. The van der Waals surface area contributed by atoms with Gasteiger partial charge >= 0.3 is 0 Å². The SMILES string of the molecule is C1=C(N2CCCC2)CCC(N2CCCC2)=C1. The minimum atomic E-state index is 1.27. The van der Waals surface area contributed by atoms with E-state index >= 15 is 0 Å². The van der Waals surface area contributed by atoms with Gasteiger partial charge in [0.05, 0.1) is 0 Å². The Labute approximate surface area is 98.6 Å². The standard InChI is InChI=1S/C14H22N2/c1-2-10-15(9-1)13-5-7-14(8-6-13)16-11-3-4-12-16/h5,7H,1-4,6,8-12H2. The third kappa shape index (κ3) is 1.98. The summed E-state index contributed by atoms with van der Waals surface area (Å²) in [4.78, 5) is 5.16. The Kier molecular flexibility index (Phi) is 2.90. The highest BCUT2D eigenvalue weighted by molar-refractivity contribution is 5.23. The van der Waals surface area contributed by atoms with Gasteiger partial charge in [-0.15, -0.1) is 0 Å². The maximum Gasteiger partial charge on any atom is 0.0175 e. The number of nitrogens with zero attached hydrogens (tertiary/aromatic N) is 2. The van der Waals surface area contributed by atoms with Crippen LogP contribution in [0, 0.1) is 0 Å². The summed E-state index contributed by atoms with van der Waals surface area (Å²) in [5.41, 5.74) is 3.17. The summed E-state index contributed by atoms with van der Waals surface area (Å²) in [5.74, 6) is 0. The van der Waals surface area contributed by atoms with E-state index in [1.54, 1.807) is 11.4 Å². The molecule has 2 fully saturated rings. The van der Waals surface area contributed by atoms with E-state index in [4.69, 9.17) is 0 Å². The maximum atomic E-state index is 2.58. The smallest absolute Gasteiger partial charge is 0.0175 e. The maximum absolute atomic E-state index is 2.58. The van der Waals surface area contributed by atoms with Crippen LogP contribution in [0.1, 0.15) is 38.5 Å². The molecule has 2 heterocycles. The van der Waals surface area contributed by atoms with E-state index in [0.29, 0.717) is 0 Å². The molecule has 2 saturated heterocycles. The van der Waals surface area contributed by atoms with E-state index in [9.17, 15) is 0 Å². The first-order valence-corrected chi connectivity index (χ1v) is 6.83. The van der Waals surface area contributed by atoms with Gasteiger partial charge in [0.2, 0.25) is 0 Å². The quantitative estimate of drug-likeness (QED) is 0.703. The Morgan fingerprint density at radius 2 is 1.00 bits per heavy atom. The molecule has 0 aromatic carbocycles. The molecule has 3 rings (SSSR count). The van der Waals surface area contributed by atoms with Crippen molar-refractivity contribution in [2.45, 2.75) is 38.5 Å². The summed E-state index contributed by atoms with van der Waals surface area (Å²) in [7, 11) is 0. The van der Waals surface area contributed by atoms with Crippen molar-refractivity contribution in [1.82, 2.24) is 9.80 Å². The zero-order valence-electron chi connectivity index (χ0n) is 10.1. The van der Waals surface area contributed by atoms with Crippen LogP contribution in [0.2, 0.25) is 0 Å². The van der Waals surface area contributed by atoms with Crippen molar-refractivity contribution in [3.05, 3.63) is 23.5 Å². The molecule has 0 unspecified atom stereocenters. The molecule has 2 nitrogen and oxygen atoms in total. The van der Waals surface area contributed by atoms with Crippen molar-refractivity contribution in [1.29, 1.82) is 0 Å². The average molecular weight is 218 g/mol. The fourth-order valence-corrected chi connectivity index (χ4v) is 3.15. The van der Waals surface area contributed by atoms with Crippen LogP contribution in [-0.4, -0.2) is 36.0 Å². The molecule has 0 spiro atoms. The summed E-state index contributed by atoms with van der Waals surface area (Å²) < 4.78 is 0. The number of allylic oxidation sites excluding steroid dienone is 4. The lowest BCUT2D eigenvalue weighted by atomic mass is 10.1. The molecule has 1 aliphatic carbocycles. The fraction of sp³-hybridized carbons (Fsp3) is 0.714. The Balaban J connectivity index is 1.66. The topological polar surface area (TPSA) is 6.48 Å². The van der Waals surface area contributed by atoms with E-state index in [-0.39, 0.29) is 0 Å².